The lowest BCUT2D eigenvalue weighted by Gasteiger charge is -2.10. The molecule has 3 rings (SSSR count). The van der Waals surface area contributed by atoms with Gasteiger partial charge in [-0.3, -0.25) is 4.79 Å². The SMILES string of the molecule is Cc1cc(=O)[nH]c2c(C)cc(S(=O)(=O)NCc3ccco3)cc12. The summed E-state index contributed by atoms with van der Waals surface area (Å²) in [6, 6.07) is 7.96. The Bertz CT molecular complexity index is 1020. The predicted octanol–water partition coefficient (Wildman–Crippen LogP) is 2.22. The van der Waals surface area contributed by atoms with Crippen molar-refractivity contribution >= 4 is 20.9 Å². The number of sulfonamides is 1. The van der Waals surface area contributed by atoms with E-state index in [2.05, 4.69) is 9.71 Å². The predicted molar refractivity (Wildman–Crippen MR) is 86.8 cm³/mol. The van der Waals surface area contributed by atoms with Gasteiger partial charge in [0.1, 0.15) is 5.76 Å². The highest BCUT2D eigenvalue weighted by Gasteiger charge is 2.17. The number of H-pyrrole nitrogens is 1. The van der Waals surface area contributed by atoms with Crippen molar-refractivity contribution < 1.29 is 12.8 Å². The van der Waals surface area contributed by atoms with Crippen LogP contribution >= 0.6 is 0 Å². The van der Waals surface area contributed by atoms with Crippen molar-refractivity contribution in [3.63, 3.8) is 0 Å². The number of pyridine rings is 1. The number of hydrogen-bond acceptors (Lipinski definition) is 4. The lowest BCUT2D eigenvalue weighted by molar-refractivity contribution is 0.498. The van der Waals surface area contributed by atoms with Gasteiger partial charge >= 0.3 is 0 Å². The third kappa shape index (κ3) is 3.06. The van der Waals surface area contributed by atoms with Crippen molar-refractivity contribution in [1.29, 1.82) is 0 Å². The number of furan rings is 1. The second kappa shape index (κ2) is 5.68. The van der Waals surface area contributed by atoms with Crippen molar-refractivity contribution in [3.05, 3.63) is 63.8 Å². The van der Waals surface area contributed by atoms with Crippen LogP contribution in [0, 0.1) is 13.8 Å². The van der Waals surface area contributed by atoms with Gasteiger partial charge in [0.05, 0.1) is 23.2 Å². The van der Waals surface area contributed by atoms with Crippen LogP contribution in [0.1, 0.15) is 16.9 Å². The first-order chi connectivity index (χ1) is 10.9. The summed E-state index contributed by atoms with van der Waals surface area (Å²) < 4.78 is 32.6. The largest absolute Gasteiger partial charge is 0.468 e. The molecule has 3 aromatic rings. The molecule has 0 bridgehead atoms. The second-order valence-corrected chi connectivity index (χ2v) is 7.15. The summed E-state index contributed by atoms with van der Waals surface area (Å²) in [7, 11) is -3.68. The molecule has 23 heavy (non-hydrogen) atoms. The lowest BCUT2D eigenvalue weighted by atomic mass is 10.1. The van der Waals surface area contributed by atoms with Crippen molar-refractivity contribution in [1.82, 2.24) is 9.71 Å². The first-order valence-electron chi connectivity index (χ1n) is 7.03. The number of hydrogen-bond donors (Lipinski definition) is 2. The molecule has 1 aromatic carbocycles. The van der Waals surface area contributed by atoms with Gasteiger partial charge in [-0.1, -0.05) is 0 Å². The van der Waals surface area contributed by atoms with Gasteiger partial charge < -0.3 is 9.40 Å². The molecule has 7 heteroatoms. The lowest BCUT2D eigenvalue weighted by Crippen LogP contribution is -2.23. The number of aromatic amines is 1. The van der Waals surface area contributed by atoms with Gasteiger partial charge in [-0.05, 0) is 49.2 Å². The standard InChI is InChI=1S/C16H16N2O4S/c1-10-7-15(19)18-16-11(2)6-13(8-14(10)16)23(20,21)17-9-12-4-3-5-22-12/h3-8,17H,9H2,1-2H3,(H,18,19). The summed E-state index contributed by atoms with van der Waals surface area (Å²) in [5.41, 5.74) is 1.88. The number of fused-ring (bicyclic) bond motifs is 1. The molecule has 0 fully saturated rings. The topological polar surface area (TPSA) is 92.2 Å². The Hall–Kier alpha value is -2.38. The van der Waals surface area contributed by atoms with E-state index >= 15 is 0 Å². The highest BCUT2D eigenvalue weighted by molar-refractivity contribution is 7.89. The van der Waals surface area contributed by atoms with Crippen LogP contribution in [-0.2, 0) is 16.6 Å². The van der Waals surface area contributed by atoms with Crippen LogP contribution < -0.4 is 10.3 Å². The Morgan fingerprint density at radius 2 is 1.96 bits per heavy atom. The van der Waals surface area contributed by atoms with Gasteiger partial charge in [0, 0.05) is 11.5 Å². The molecule has 2 heterocycles. The summed E-state index contributed by atoms with van der Waals surface area (Å²) in [5.74, 6) is 0.534. The average molecular weight is 332 g/mol. The summed E-state index contributed by atoms with van der Waals surface area (Å²) >= 11 is 0. The van der Waals surface area contributed by atoms with Crippen molar-refractivity contribution in [2.24, 2.45) is 0 Å². The van der Waals surface area contributed by atoms with Gasteiger partial charge in [-0.15, -0.1) is 0 Å². The Kier molecular flexibility index (Phi) is 3.83. The molecule has 0 aliphatic rings. The Balaban J connectivity index is 2.03. The van der Waals surface area contributed by atoms with Gasteiger partial charge in [-0.25, -0.2) is 13.1 Å². The van der Waals surface area contributed by atoms with Crippen LogP contribution in [0.15, 0.2) is 50.7 Å². The molecule has 0 atom stereocenters. The third-order valence-electron chi connectivity index (χ3n) is 3.66. The van der Waals surface area contributed by atoms with Crippen LogP contribution in [0.5, 0.6) is 0 Å². The molecular weight excluding hydrogens is 316 g/mol. The van der Waals surface area contributed by atoms with E-state index in [0.29, 0.717) is 22.2 Å². The minimum absolute atomic E-state index is 0.0804. The highest BCUT2D eigenvalue weighted by Crippen LogP contribution is 2.23. The van der Waals surface area contributed by atoms with Crippen molar-refractivity contribution in [3.8, 4) is 0 Å². The molecule has 0 aliphatic heterocycles. The van der Waals surface area contributed by atoms with E-state index in [1.165, 1.54) is 12.3 Å². The van der Waals surface area contributed by atoms with E-state index in [4.69, 9.17) is 4.42 Å². The van der Waals surface area contributed by atoms with Crippen LogP contribution in [0.2, 0.25) is 0 Å². The van der Waals surface area contributed by atoms with Gasteiger partial charge in [0.25, 0.3) is 0 Å². The average Bonchev–Trinajstić information content (AvgIpc) is 2.99. The van der Waals surface area contributed by atoms with Crippen LogP contribution in [0.4, 0.5) is 0 Å². The van der Waals surface area contributed by atoms with E-state index in [1.807, 2.05) is 0 Å². The van der Waals surface area contributed by atoms with Crippen LogP contribution in [0.3, 0.4) is 0 Å². The fourth-order valence-corrected chi connectivity index (χ4v) is 3.59. The van der Waals surface area contributed by atoms with Gasteiger partial charge in [0.2, 0.25) is 15.6 Å². The molecule has 0 saturated carbocycles. The maximum Gasteiger partial charge on any atom is 0.248 e. The van der Waals surface area contributed by atoms with E-state index in [1.54, 1.807) is 38.1 Å². The summed E-state index contributed by atoms with van der Waals surface area (Å²) in [6.07, 6.45) is 1.49. The quantitative estimate of drug-likeness (QED) is 0.766. The van der Waals surface area contributed by atoms with E-state index < -0.39 is 10.0 Å². The van der Waals surface area contributed by atoms with Crippen LogP contribution in [0.25, 0.3) is 10.9 Å². The normalized spacial score (nSPS) is 11.9. The Labute approximate surface area is 133 Å². The molecule has 0 unspecified atom stereocenters. The van der Waals surface area contributed by atoms with E-state index in [9.17, 15) is 13.2 Å². The zero-order valence-electron chi connectivity index (χ0n) is 12.7. The van der Waals surface area contributed by atoms with Crippen LogP contribution in [-0.4, -0.2) is 13.4 Å². The summed E-state index contributed by atoms with van der Waals surface area (Å²) in [4.78, 5) is 14.5. The van der Waals surface area contributed by atoms with Crippen molar-refractivity contribution in [2.75, 3.05) is 0 Å². The first kappa shape index (κ1) is 15.5. The molecule has 2 N–H and O–H groups in total. The molecule has 0 amide bonds. The molecular formula is C16H16N2O4S. The Morgan fingerprint density at radius 1 is 1.17 bits per heavy atom. The van der Waals surface area contributed by atoms with Gasteiger partial charge in [-0.2, -0.15) is 0 Å². The fraction of sp³-hybridized carbons (Fsp3) is 0.188. The zero-order valence-corrected chi connectivity index (χ0v) is 13.5. The zero-order chi connectivity index (χ0) is 16.6. The highest BCUT2D eigenvalue weighted by atomic mass is 32.2. The summed E-state index contributed by atoms with van der Waals surface area (Å²) in [5, 5.41) is 0.711. The number of aryl methyl sites for hydroxylation is 2. The molecule has 2 aromatic heterocycles. The molecule has 0 radical (unpaired) electrons. The smallest absolute Gasteiger partial charge is 0.248 e. The van der Waals surface area contributed by atoms with Gasteiger partial charge in [0.15, 0.2) is 0 Å². The number of nitrogens with one attached hydrogen (secondary N) is 2. The maximum atomic E-state index is 12.5. The third-order valence-corrected chi connectivity index (χ3v) is 5.04. The molecule has 0 aliphatic carbocycles. The minimum atomic E-state index is -3.68. The first-order valence-corrected chi connectivity index (χ1v) is 8.51. The molecule has 0 saturated heterocycles. The molecule has 120 valence electrons. The molecule has 0 spiro atoms. The number of aromatic nitrogens is 1. The number of rotatable bonds is 4. The maximum absolute atomic E-state index is 12.5. The van der Waals surface area contributed by atoms with Crippen molar-refractivity contribution in [2.45, 2.75) is 25.3 Å². The minimum Gasteiger partial charge on any atom is -0.468 e. The Morgan fingerprint density at radius 3 is 2.65 bits per heavy atom. The fourth-order valence-electron chi connectivity index (χ4n) is 2.48. The monoisotopic (exact) mass is 332 g/mol. The summed E-state index contributed by atoms with van der Waals surface area (Å²) in [6.45, 7) is 3.63. The molecule has 6 nitrogen and oxygen atoms in total. The second-order valence-electron chi connectivity index (χ2n) is 5.38. The number of benzene rings is 1. The van der Waals surface area contributed by atoms with E-state index in [0.717, 1.165) is 5.56 Å². The van der Waals surface area contributed by atoms with E-state index in [-0.39, 0.29) is 17.0 Å².